The summed E-state index contributed by atoms with van der Waals surface area (Å²) in [7, 11) is 0. The first-order chi connectivity index (χ1) is 8.25. The molecular formula is C14H24NO2+. The molecule has 0 amide bonds. The number of esters is 1. The lowest BCUT2D eigenvalue weighted by Gasteiger charge is -2.38. The molecule has 1 N–H and O–H groups in total. The molecule has 4 atom stereocenters. The Hall–Kier alpha value is -0.570. The van der Waals surface area contributed by atoms with Crippen molar-refractivity contribution >= 4 is 5.97 Å². The summed E-state index contributed by atoms with van der Waals surface area (Å²) >= 11 is 0. The van der Waals surface area contributed by atoms with E-state index in [1.165, 1.54) is 51.6 Å². The fourth-order valence-corrected chi connectivity index (χ4v) is 4.51. The third-order valence-corrected chi connectivity index (χ3v) is 5.19. The van der Waals surface area contributed by atoms with Gasteiger partial charge in [0.25, 0.3) is 0 Å². The lowest BCUT2D eigenvalue weighted by Crippen LogP contribution is -3.15. The van der Waals surface area contributed by atoms with E-state index in [0.717, 1.165) is 6.04 Å². The summed E-state index contributed by atoms with van der Waals surface area (Å²) in [4.78, 5) is 13.0. The second-order valence-electron chi connectivity index (χ2n) is 6.12. The van der Waals surface area contributed by atoms with Crippen molar-refractivity contribution in [2.75, 3.05) is 13.1 Å². The number of carbonyl (C=O) groups is 1. The quantitative estimate of drug-likeness (QED) is 0.721. The Kier molecular flexibility index (Phi) is 3.12. The van der Waals surface area contributed by atoms with Gasteiger partial charge in [0, 0.05) is 32.1 Å². The molecule has 3 fully saturated rings. The van der Waals surface area contributed by atoms with Crippen molar-refractivity contribution in [1.29, 1.82) is 0 Å². The van der Waals surface area contributed by atoms with Crippen LogP contribution in [0.5, 0.6) is 0 Å². The van der Waals surface area contributed by atoms with Gasteiger partial charge in [-0.15, -0.1) is 0 Å². The second kappa shape index (κ2) is 4.60. The van der Waals surface area contributed by atoms with Crippen LogP contribution in [0.4, 0.5) is 0 Å². The first-order valence-corrected chi connectivity index (χ1v) is 7.27. The zero-order chi connectivity index (χ0) is 11.8. The first kappa shape index (κ1) is 11.5. The highest BCUT2D eigenvalue weighted by molar-refractivity contribution is 5.66. The van der Waals surface area contributed by atoms with E-state index in [4.69, 9.17) is 4.74 Å². The molecule has 1 saturated heterocycles. The smallest absolute Gasteiger partial charge is 0.302 e. The minimum absolute atomic E-state index is 0.0797. The Bertz CT molecular complexity index is 299. The highest BCUT2D eigenvalue weighted by Gasteiger charge is 2.50. The molecular weight excluding hydrogens is 214 g/mol. The van der Waals surface area contributed by atoms with Gasteiger partial charge in [-0.2, -0.15) is 0 Å². The van der Waals surface area contributed by atoms with Gasteiger partial charge in [0.1, 0.15) is 6.10 Å². The largest absolute Gasteiger partial charge is 0.462 e. The van der Waals surface area contributed by atoms with Crippen molar-refractivity contribution in [2.45, 2.75) is 57.6 Å². The Balaban J connectivity index is 1.72. The van der Waals surface area contributed by atoms with Crippen molar-refractivity contribution in [1.82, 2.24) is 0 Å². The summed E-state index contributed by atoms with van der Waals surface area (Å²) < 4.78 is 5.62. The number of nitrogens with one attached hydrogen (secondary N) is 1. The molecule has 0 aromatic heterocycles. The summed E-state index contributed by atoms with van der Waals surface area (Å²) in [5.41, 5.74) is 0. The van der Waals surface area contributed by atoms with E-state index < -0.39 is 0 Å². The molecule has 3 rings (SSSR count). The number of carbonyl (C=O) groups excluding carboxylic acids is 1. The van der Waals surface area contributed by atoms with Crippen LogP contribution in [0, 0.1) is 11.8 Å². The van der Waals surface area contributed by atoms with E-state index >= 15 is 0 Å². The van der Waals surface area contributed by atoms with Crippen LogP contribution in [0.3, 0.4) is 0 Å². The molecule has 1 aliphatic heterocycles. The fourth-order valence-electron chi connectivity index (χ4n) is 4.51. The molecule has 3 aliphatic rings. The van der Waals surface area contributed by atoms with Crippen LogP contribution in [0.2, 0.25) is 0 Å². The third kappa shape index (κ3) is 2.10. The van der Waals surface area contributed by atoms with Crippen LogP contribution in [0.1, 0.15) is 45.4 Å². The van der Waals surface area contributed by atoms with Gasteiger partial charge >= 0.3 is 5.97 Å². The fraction of sp³-hybridized carbons (Fsp3) is 0.929. The molecule has 0 aromatic carbocycles. The summed E-state index contributed by atoms with van der Waals surface area (Å²) in [6, 6.07) is 0.778. The minimum atomic E-state index is -0.0797. The van der Waals surface area contributed by atoms with Gasteiger partial charge in [0.2, 0.25) is 0 Å². The molecule has 2 aliphatic carbocycles. The van der Waals surface area contributed by atoms with E-state index in [2.05, 4.69) is 0 Å². The summed E-state index contributed by atoms with van der Waals surface area (Å²) in [5.74, 6) is 1.25. The molecule has 2 saturated carbocycles. The van der Waals surface area contributed by atoms with Crippen LogP contribution < -0.4 is 4.90 Å². The lowest BCUT2D eigenvalue weighted by atomic mass is 9.81. The molecule has 17 heavy (non-hydrogen) atoms. The van der Waals surface area contributed by atoms with Crippen LogP contribution in [0.15, 0.2) is 0 Å². The predicted octanol–water partition coefficient (Wildman–Crippen LogP) is 0.785. The van der Waals surface area contributed by atoms with Gasteiger partial charge in [0.05, 0.1) is 19.1 Å². The van der Waals surface area contributed by atoms with Gasteiger partial charge in [-0.05, 0) is 25.2 Å². The maximum atomic E-state index is 11.2. The number of hydrogen-bond donors (Lipinski definition) is 1. The van der Waals surface area contributed by atoms with Crippen molar-refractivity contribution < 1.29 is 14.4 Å². The maximum absolute atomic E-state index is 11.2. The highest BCUT2D eigenvalue weighted by Crippen LogP contribution is 2.43. The number of likely N-dealkylation sites (tertiary alicyclic amines) is 1. The Morgan fingerprint density at radius 3 is 2.53 bits per heavy atom. The normalized spacial score (nSPS) is 41.7. The molecule has 0 radical (unpaired) electrons. The van der Waals surface area contributed by atoms with E-state index in [1.54, 1.807) is 11.8 Å². The average molecular weight is 238 g/mol. The zero-order valence-corrected chi connectivity index (χ0v) is 10.8. The molecule has 1 heterocycles. The Morgan fingerprint density at radius 1 is 1.12 bits per heavy atom. The molecule has 0 aromatic rings. The second-order valence-corrected chi connectivity index (χ2v) is 6.12. The van der Waals surface area contributed by atoms with Gasteiger partial charge in [0.15, 0.2) is 0 Å². The number of quaternary nitrogens is 1. The Morgan fingerprint density at radius 2 is 1.82 bits per heavy atom. The molecule has 2 bridgehead atoms. The summed E-state index contributed by atoms with van der Waals surface area (Å²) in [6.07, 6.45) is 8.24. The SMILES string of the molecule is CC(=O)O[C@@H]1[C@H]2CC[C@@H]1[C@H]([NH+]1CCCC1)CC2. The van der Waals surface area contributed by atoms with E-state index in [1.807, 2.05) is 0 Å². The number of hydrogen-bond acceptors (Lipinski definition) is 2. The van der Waals surface area contributed by atoms with Gasteiger partial charge < -0.3 is 9.64 Å². The van der Waals surface area contributed by atoms with E-state index in [-0.39, 0.29) is 12.1 Å². The van der Waals surface area contributed by atoms with Crippen LogP contribution in [-0.4, -0.2) is 31.2 Å². The van der Waals surface area contributed by atoms with E-state index in [0.29, 0.717) is 11.8 Å². The topological polar surface area (TPSA) is 30.7 Å². The van der Waals surface area contributed by atoms with Gasteiger partial charge in [-0.25, -0.2) is 0 Å². The van der Waals surface area contributed by atoms with Crippen molar-refractivity contribution in [2.24, 2.45) is 11.8 Å². The average Bonchev–Trinajstić information content (AvgIpc) is 2.87. The first-order valence-electron chi connectivity index (χ1n) is 7.27. The molecule has 3 nitrogen and oxygen atoms in total. The van der Waals surface area contributed by atoms with Crippen molar-refractivity contribution in [3.63, 3.8) is 0 Å². The third-order valence-electron chi connectivity index (χ3n) is 5.19. The minimum Gasteiger partial charge on any atom is -0.462 e. The molecule has 0 unspecified atom stereocenters. The number of fused-ring (bicyclic) bond motifs is 2. The summed E-state index contributed by atoms with van der Waals surface area (Å²) in [5, 5.41) is 0. The Labute approximate surface area is 104 Å². The van der Waals surface area contributed by atoms with Crippen LogP contribution in [-0.2, 0) is 9.53 Å². The van der Waals surface area contributed by atoms with Gasteiger partial charge in [-0.1, -0.05) is 0 Å². The van der Waals surface area contributed by atoms with Crippen molar-refractivity contribution in [3.8, 4) is 0 Å². The summed E-state index contributed by atoms with van der Waals surface area (Å²) in [6.45, 7) is 4.25. The van der Waals surface area contributed by atoms with Crippen LogP contribution >= 0.6 is 0 Å². The number of ether oxygens (including phenoxy) is 1. The molecule has 96 valence electrons. The maximum Gasteiger partial charge on any atom is 0.302 e. The van der Waals surface area contributed by atoms with E-state index in [9.17, 15) is 4.79 Å². The monoisotopic (exact) mass is 238 g/mol. The van der Waals surface area contributed by atoms with Crippen LogP contribution in [0.25, 0.3) is 0 Å². The number of rotatable bonds is 2. The van der Waals surface area contributed by atoms with Gasteiger partial charge in [-0.3, -0.25) is 4.79 Å². The predicted molar refractivity (Wildman–Crippen MR) is 64.7 cm³/mol. The lowest BCUT2D eigenvalue weighted by molar-refractivity contribution is -0.919. The highest BCUT2D eigenvalue weighted by atomic mass is 16.5. The standard InChI is InChI=1S/C14H23NO2/c1-10(16)17-14-11-4-6-12(14)13(7-5-11)15-8-2-3-9-15/h11-14H,2-9H2,1H3/p+1/t11-,12+,13+,14+/m0/s1. The van der Waals surface area contributed by atoms with Crippen molar-refractivity contribution in [3.05, 3.63) is 0 Å². The molecule has 0 spiro atoms. The molecule has 3 heteroatoms. The zero-order valence-electron chi connectivity index (χ0n) is 10.8.